The molecule has 1 unspecified atom stereocenters. The first kappa shape index (κ1) is 15.8. The second kappa shape index (κ2) is 7.99. The molecule has 0 saturated heterocycles. The number of halogens is 2. The monoisotopic (exact) mass is 297 g/mol. The largest absolute Gasteiger partial charge is 0.314 e. The quantitative estimate of drug-likeness (QED) is 0.757. The third kappa shape index (κ3) is 4.46. The van der Waals surface area contributed by atoms with E-state index in [-0.39, 0.29) is 10.8 Å². The van der Waals surface area contributed by atoms with E-state index in [0.717, 1.165) is 24.4 Å². The van der Waals surface area contributed by atoms with Gasteiger partial charge in [-0.25, -0.2) is 4.39 Å². The van der Waals surface area contributed by atoms with E-state index < -0.39 is 0 Å². The maximum atomic E-state index is 13.2. The summed E-state index contributed by atoms with van der Waals surface area (Å²) in [7, 11) is 0. The van der Waals surface area contributed by atoms with E-state index >= 15 is 0 Å². The highest BCUT2D eigenvalue weighted by Gasteiger charge is 2.22. The van der Waals surface area contributed by atoms with E-state index in [2.05, 4.69) is 12.2 Å². The number of nitrogens with one attached hydrogen (secondary N) is 1. The minimum Gasteiger partial charge on any atom is -0.314 e. The zero-order valence-electron chi connectivity index (χ0n) is 12.3. The third-order valence-electron chi connectivity index (χ3n) is 4.37. The van der Waals surface area contributed by atoms with Gasteiger partial charge in [-0.1, -0.05) is 50.3 Å². The second-order valence-electron chi connectivity index (χ2n) is 5.87. The average molecular weight is 298 g/mol. The molecule has 1 aliphatic carbocycles. The predicted molar refractivity (Wildman–Crippen MR) is 83.8 cm³/mol. The van der Waals surface area contributed by atoms with Crippen LogP contribution in [0.1, 0.15) is 51.0 Å². The van der Waals surface area contributed by atoms with Gasteiger partial charge < -0.3 is 5.32 Å². The minimum absolute atomic E-state index is 0.235. The highest BCUT2D eigenvalue weighted by Crippen LogP contribution is 2.28. The van der Waals surface area contributed by atoms with Crippen molar-refractivity contribution in [1.29, 1.82) is 0 Å². The van der Waals surface area contributed by atoms with E-state index in [1.54, 1.807) is 6.07 Å². The second-order valence-corrected chi connectivity index (χ2v) is 6.28. The molecule has 0 radical (unpaired) electrons. The molecule has 1 nitrogen and oxygen atoms in total. The van der Waals surface area contributed by atoms with Crippen molar-refractivity contribution in [3.63, 3.8) is 0 Å². The molecule has 3 heteroatoms. The van der Waals surface area contributed by atoms with Crippen LogP contribution in [0.4, 0.5) is 4.39 Å². The summed E-state index contributed by atoms with van der Waals surface area (Å²) in [4.78, 5) is 0. The zero-order chi connectivity index (χ0) is 14.4. The summed E-state index contributed by atoms with van der Waals surface area (Å²) in [6.45, 7) is 3.14. The van der Waals surface area contributed by atoms with Gasteiger partial charge in [-0.15, -0.1) is 0 Å². The van der Waals surface area contributed by atoms with E-state index in [9.17, 15) is 4.39 Å². The van der Waals surface area contributed by atoms with E-state index in [4.69, 9.17) is 11.6 Å². The lowest BCUT2D eigenvalue weighted by Crippen LogP contribution is -2.38. The van der Waals surface area contributed by atoms with Crippen LogP contribution in [0.2, 0.25) is 5.02 Å². The summed E-state index contributed by atoms with van der Waals surface area (Å²) < 4.78 is 13.2. The molecule has 1 aliphatic rings. The Labute approximate surface area is 126 Å². The maximum Gasteiger partial charge on any atom is 0.141 e. The molecule has 2 rings (SSSR count). The smallest absolute Gasteiger partial charge is 0.141 e. The number of hydrogen-bond donors (Lipinski definition) is 1. The van der Waals surface area contributed by atoms with Gasteiger partial charge in [0.25, 0.3) is 0 Å². The Morgan fingerprint density at radius 3 is 2.55 bits per heavy atom. The number of rotatable bonds is 5. The van der Waals surface area contributed by atoms with Crippen molar-refractivity contribution in [3.05, 3.63) is 34.6 Å². The van der Waals surface area contributed by atoms with Crippen LogP contribution in [-0.4, -0.2) is 12.6 Å². The molecule has 1 fully saturated rings. The normalized spacial score (nSPS) is 18.8. The molecule has 1 saturated carbocycles. The molecule has 20 heavy (non-hydrogen) atoms. The lowest BCUT2D eigenvalue weighted by Gasteiger charge is -2.27. The van der Waals surface area contributed by atoms with Crippen LogP contribution in [-0.2, 0) is 6.42 Å². The zero-order valence-corrected chi connectivity index (χ0v) is 13.1. The highest BCUT2D eigenvalue weighted by molar-refractivity contribution is 6.30. The van der Waals surface area contributed by atoms with Crippen molar-refractivity contribution in [2.24, 2.45) is 5.92 Å². The lowest BCUT2D eigenvalue weighted by atomic mass is 9.87. The van der Waals surface area contributed by atoms with Gasteiger partial charge in [0.15, 0.2) is 0 Å². The Kier molecular flexibility index (Phi) is 6.31. The van der Waals surface area contributed by atoms with Crippen molar-refractivity contribution >= 4 is 11.6 Å². The number of benzene rings is 1. The molecular weight excluding hydrogens is 273 g/mol. The highest BCUT2D eigenvalue weighted by atomic mass is 35.5. The Bertz CT molecular complexity index is 413. The molecule has 1 N–H and O–H groups in total. The van der Waals surface area contributed by atoms with Crippen molar-refractivity contribution < 1.29 is 4.39 Å². The van der Waals surface area contributed by atoms with Crippen LogP contribution in [0.25, 0.3) is 0 Å². The van der Waals surface area contributed by atoms with Crippen molar-refractivity contribution in [3.8, 4) is 0 Å². The van der Waals surface area contributed by atoms with Gasteiger partial charge in [-0.2, -0.15) is 0 Å². The molecule has 0 spiro atoms. The van der Waals surface area contributed by atoms with Gasteiger partial charge in [0, 0.05) is 6.04 Å². The van der Waals surface area contributed by atoms with E-state index in [1.165, 1.54) is 44.6 Å². The fraction of sp³-hybridized carbons (Fsp3) is 0.647. The topological polar surface area (TPSA) is 12.0 Å². The first-order valence-corrected chi connectivity index (χ1v) is 8.25. The van der Waals surface area contributed by atoms with Crippen molar-refractivity contribution in [1.82, 2.24) is 5.32 Å². The molecule has 0 bridgehead atoms. The molecule has 0 aliphatic heterocycles. The van der Waals surface area contributed by atoms with Gasteiger partial charge in [0.05, 0.1) is 5.02 Å². The van der Waals surface area contributed by atoms with Crippen molar-refractivity contribution in [2.75, 3.05) is 6.54 Å². The average Bonchev–Trinajstić information content (AvgIpc) is 2.71. The number of hydrogen-bond acceptors (Lipinski definition) is 1. The van der Waals surface area contributed by atoms with Gasteiger partial charge >= 0.3 is 0 Å². The Balaban J connectivity index is 2.05. The Morgan fingerprint density at radius 2 is 1.95 bits per heavy atom. The van der Waals surface area contributed by atoms with Crippen LogP contribution >= 0.6 is 11.6 Å². The van der Waals surface area contributed by atoms with Crippen LogP contribution in [0.3, 0.4) is 0 Å². The Morgan fingerprint density at radius 1 is 1.25 bits per heavy atom. The summed E-state index contributed by atoms with van der Waals surface area (Å²) >= 11 is 5.89. The number of likely N-dealkylation sites (N-methyl/N-ethyl adjacent to an activating group) is 1. The maximum absolute atomic E-state index is 13.2. The summed E-state index contributed by atoms with van der Waals surface area (Å²) in [5.74, 6) is 0.408. The summed E-state index contributed by atoms with van der Waals surface area (Å²) in [6, 6.07) is 5.60. The SMILES string of the molecule is CCNC(Cc1ccc(F)c(Cl)c1)C1CCCCCC1. The van der Waals surface area contributed by atoms with E-state index in [1.807, 2.05) is 6.07 Å². The standard InChI is InChI=1S/C17H25ClFN/c1-2-20-17(14-7-5-3-4-6-8-14)12-13-9-10-16(19)15(18)11-13/h9-11,14,17,20H,2-8,12H2,1H3. The van der Waals surface area contributed by atoms with Crippen molar-refractivity contribution in [2.45, 2.75) is 57.9 Å². The van der Waals surface area contributed by atoms with Gasteiger partial charge in [-0.05, 0) is 49.4 Å². The van der Waals surface area contributed by atoms with Gasteiger partial charge in [-0.3, -0.25) is 0 Å². The first-order chi connectivity index (χ1) is 9.70. The molecule has 1 atom stereocenters. The van der Waals surface area contributed by atoms with Crippen LogP contribution in [0.5, 0.6) is 0 Å². The third-order valence-corrected chi connectivity index (χ3v) is 4.66. The minimum atomic E-state index is -0.329. The summed E-state index contributed by atoms with van der Waals surface area (Å²) in [5, 5.41) is 3.86. The molecular formula is C17H25ClFN. The van der Waals surface area contributed by atoms with Crippen LogP contribution in [0.15, 0.2) is 18.2 Å². The summed E-state index contributed by atoms with van der Waals surface area (Å²) in [5.41, 5.74) is 1.13. The predicted octanol–water partition coefficient (Wildman–Crippen LogP) is 4.97. The molecule has 0 amide bonds. The molecule has 0 heterocycles. The van der Waals surface area contributed by atoms with E-state index in [0.29, 0.717) is 6.04 Å². The van der Waals surface area contributed by atoms with Gasteiger partial charge in [0.1, 0.15) is 5.82 Å². The fourth-order valence-corrected chi connectivity index (χ4v) is 3.50. The molecule has 1 aromatic rings. The molecule has 1 aromatic carbocycles. The lowest BCUT2D eigenvalue weighted by molar-refractivity contribution is 0.321. The first-order valence-electron chi connectivity index (χ1n) is 7.88. The summed E-state index contributed by atoms with van der Waals surface area (Å²) in [6.07, 6.45) is 9.00. The fourth-order valence-electron chi connectivity index (χ4n) is 3.30. The Hall–Kier alpha value is -0.600. The molecule has 112 valence electrons. The van der Waals surface area contributed by atoms with Crippen LogP contribution in [0, 0.1) is 11.7 Å². The van der Waals surface area contributed by atoms with Crippen LogP contribution < -0.4 is 5.32 Å². The van der Waals surface area contributed by atoms with Gasteiger partial charge in [0.2, 0.25) is 0 Å². The molecule has 0 aromatic heterocycles.